The molecule has 1 saturated heterocycles. The third kappa shape index (κ3) is 3.18. The van der Waals surface area contributed by atoms with Gasteiger partial charge in [-0.05, 0) is 44.0 Å². The number of amides is 1. The van der Waals surface area contributed by atoms with Crippen LogP contribution in [-0.2, 0) is 0 Å². The SMILES string of the molecule is Cc1noc([C@@H]2CCCN2C(=O)c2cc(-c3cncnc3)nc3ccc(F)cc23)n1. The van der Waals surface area contributed by atoms with Crippen LogP contribution in [0.1, 0.15) is 41.0 Å². The van der Waals surface area contributed by atoms with Gasteiger partial charge in [0, 0.05) is 29.9 Å². The lowest BCUT2D eigenvalue weighted by molar-refractivity contribution is 0.0712. The molecule has 0 radical (unpaired) electrons. The number of carbonyl (C=O) groups is 1. The number of likely N-dealkylation sites (tertiary alicyclic amines) is 1. The molecule has 4 aromatic rings. The van der Waals surface area contributed by atoms with Crippen LogP contribution in [0, 0.1) is 12.7 Å². The van der Waals surface area contributed by atoms with Gasteiger partial charge < -0.3 is 9.42 Å². The van der Waals surface area contributed by atoms with Crippen molar-refractivity contribution in [3.63, 3.8) is 0 Å². The van der Waals surface area contributed by atoms with E-state index < -0.39 is 5.82 Å². The molecule has 8 nitrogen and oxygen atoms in total. The van der Waals surface area contributed by atoms with Crippen LogP contribution >= 0.6 is 0 Å². The lowest BCUT2D eigenvalue weighted by Crippen LogP contribution is -2.31. The number of pyridine rings is 1. The summed E-state index contributed by atoms with van der Waals surface area (Å²) in [6.07, 6.45) is 6.21. The Labute approximate surface area is 170 Å². The lowest BCUT2D eigenvalue weighted by atomic mass is 10.0. The van der Waals surface area contributed by atoms with E-state index in [2.05, 4.69) is 25.1 Å². The van der Waals surface area contributed by atoms with Crippen molar-refractivity contribution >= 4 is 16.8 Å². The van der Waals surface area contributed by atoms with Gasteiger partial charge in [0.1, 0.15) is 18.2 Å². The van der Waals surface area contributed by atoms with E-state index in [9.17, 15) is 9.18 Å². The van der Waals surface area contributed by atoms with Crippen molar-refractivity contribution in [1.29, 1.82) is 0 Å². The van der Waals surface area contributed by atoms with Crippen LogP contribution in [0.25, 0.3) is 22.2 Å². The Hall–Kier alpha value is -3.75. The summed E-state index contributed by atoms with van der Waals surface area (Å²) >= 11 is 0. The zero-order valence-corrected chi connectivity index (χ0v) is 16.1. The number of aryl methyl sites for hydroxylation is 1. The molecule has 0 N–H and O–H groups in total. The third-order valence-corrected chi connectivity index (χ3v) is 5.20. The molecular weight excluding hydrogens is 387 g/mol. The van der Waals surface area contributed by atoms with Gasteiger partial charge in [-0.3, -0.25) is 4.79 Å². The molecule has 0 spiro atoms. The molecule has 1 aromatic carbocycles. The Kier molecular flexibility index (Phi) is 4.42. The molecule has 9 heteroatoms. The Morgan fingerprint density at radius 3 is 2.80 bits per heavy atom. The molecule has 0 unspecified atom stereocenters. The average molecular weight is 404 g/mol. The molecule has 0 saturated carbocycles. The highest BCUT2D eigenvalue weighted by Gasteiger charge is 2.35. The highest BCUT2D eigenvalue weighted by molar-refractivity contribution is 6.07. The van der Waals surface area contributed by atoms with Crippen LogP contribution in [0.15, 0.2) is 47.5 Å². The average Bonchev–Trinajstić information content (AvgIpc) is 3.42. The zero-order valence-electron chi connectivity index (χ0n) is 16.1. The summed E-state index contributed by atoms with van der Waals surface area (Å²) in [7, 11) is 0. The predicted octanol–water partition coefficient (Wildman–Crippen LogP) is 3.50. The summed E-state index contributed by atoms with van der Waals surface area (Å²) in [4.78, 5) is 32.2. The maximum absolute atomic E-state index is 14.0. The normalized spacial score (nSPS) is 16.3. The van der Waals surface area contributed by atoms with Crippen molar-refractivity contribution in [2.75, 3.05) is 6.54 Å². The third-order valence-electron chi connectivity index (χ3n) is 5.20. The molecule has 4 heterocycles. The minimum atomic E-state index is -0.431. The first kappa shape index (κ1) is 18.3. The summed E-state index contributed by atoms with van der Waals surface area (Å²) in [5.41, 5.74) is 2.10. The van der Waals surface area contributed by atoms with Crippen LogP contribution in [0.4, 0.5) is 4.39 Å². The standard InChI is InChI=1S/C21H17FN6O2/c1-12-25-20(30-27-12)19-3-2-6-28(19)21(29)16-8-18(13-9-23-11-24-10-13)26-17-5-4-14(22)7-15(16)17/h4-5,7-11,19H,2-3,6H2,1H3/t19-/m0/s1. The second-order valence-electron chi connectivity index (χ2n) is 7.18. The van der Waals surface area contributed by atoms with Gasteiger partial charge in [0.25, 0.3) is 5.91 Å². The summed E-state index contributed by atoms with van der Waals surface area (Å²) < 4.78 is 19.3. The molecule has 1 amide bonds. The molecule has 3 aromatic heterocycles. The van der Waals surface area contributed by atoms with Crippen LogP contribution in [-0.4, -0.2) is 42.4 Å². The number of halogens is 1. The van der Waals surface area contributed by atoms with Gasteiger partial charge in [-0.1, -0.05) is 5.16 Å². The summed E-state index contributed by atoms with van der Waals surface area (Å²) in [5, 5.41) is 4.30. The van der Waals surface area contributed by atoms with E-state index >= 15 is 0 Å². The fourth-order valence-corrected chi connectivity index (χ4v) is 3.82. The Morgan fingerprint density at radius 1 is 1.20 bits per heavy atom. The maximum Gasteiger partial charge on any atom is 0.255 e. The van der Waals surface area contributed by atoms with E-state index in [1.54, 1.807) is 36.4 Å². The Bertz CT molecular complexity index is 1240. The number of carbonyl (C=O) groups excluding carboxylic acids is 1. The van der Waals surface area contributed by atoms with Gasteiger partial charge in [0.05, 0.1) is 16.8 Å². The van der Waals surface area contributed by atoms with E-state index in [1.165, 1.54) is 18.5 Å². The number of nitrogens with zero attached hydrogens (tertiary/aromatic N) is 6. The van der Waals surface area contributed by atoms with E-state index in [1.807, 2.05) is 0 Å². The minimum Gasteiger partial charge on any atom is -0.337 e. The highest BCUT2D eigenvalue weighted by Crippen LogP contribution is 2.34. The van der Waals surface area contributed by atoms with Gasteiger partial charge in [-0.25, -0.2) is 19.3 Å². The van der Waals surface area contributed by atoms with Crippen molar-refractivity contribution in [3.05, 3.63) is 66.1 Å². The zero-order chi connectivity index (χ0) is 20.7. The number of hydrogen-bond acceptors (Lipinski definition) is 7. The van der Waals surface area contributed by atoms with E-state index in [-0.39, 0.29) is 11.9 Å². The van der Waals surface area contributed by atoms with Crippen molar-refractivity contribution in [2.45, 2.75) is 25.8 Å². The summed E-state index contributed by atoms with van der Waals surface area (Å²) in [6, 6.07) is 5.59. The molecule has 150 valence electrons. The van der Waals surface area contributed by atoms with E-state index in [4.69, 9.17) is 4.52 Å². The molecule has 1 atom stereocenters. The second kappa shape index (κ2) is 7.25. The number of rotatable bonds is 3. The van der Waals surface area contributed by atoms with E-state index in [0.29, 0.717) is 46.0 Å². The van der Waals surface area contributed by atoms with Crippen molar-refractivity contribution in [3.8, 4) is 11.3 Å². The summed E-state index contributed by atoms with van der Waals surface area (Å²) in [6.45, 7) is 2.29. The fourth-order valence-electron chi connectivity index (χ4n) is 3.82. The van der Waals surface area contributed by atoms with E-state index in [0.717, 1.165) is 12.8 Å². The van der Waals surface area contributed by atoms with Gasteiger partial charge in [0.15, 0.2) is 5.82 Å². The Morgan fingerprint density at radius 2 is 2.03 bits per heavy atom. The van der Waals surface area contributed by atoms with Gasteiger partial charge >= 0.3 is 0 Å². The van der Waals surface area contributed by atoms with Crippen molar-refractivity contribution in [2.24, 2.45) is 0 Å². The van der Waals surface area contributed by atoms with Crippen molar-refractivity contribution < 1.29 is 13.7 Å². The molecule has 5 rings (SSSR count). The first-order chi connectivity index (χ1) is 14.6. The number of benzene rings is 1. The minimum absolute atomic E-state index is 0.232. The highest BCUT2D eigenvalue weighted by atomic mass is 19.1. The van der Waals surface area contributed by atoms with Crippen molar-refractivity contribution in [1.82, 2.24) is 30.0 Å². The fraction of sp³-hybridized carbons (Fsp3) is 0.238. The topological polar surface area (TPSA) is 97.9 Å². The smallest absolute Gasteiger partial charge is 0.255 e. The molecule has 30 heavy (non-hydrogen) atoms. The molecule has 0 bridgehead atoms. The molecule has 0 aliphatic carbocycles. The largest absolute Gasteiger partial charge is 0.337 e. The second-order valence-corrected chi connectivity index (χ2v) is 7.18. The van der Waals surface area contributed by atoms with Crippen LogP contribution in [0.5, 0.6) is 0 Å². The van der Waals surface area contributed by atoms with Crippen LogP contribution in [0.2, 0.25) is 0 Å². The number of fused-ring (bicyclic) bond motifs is 1. The predicted molar refractivity (Wildman–Crippen MR) is 105 cm³/mol. The Balaban J connectivity index is 1.63. The summed E-state index contributed by atoms with van der Waals surface area (Å²) in [5.74, 6) is 0.274. The number of aromatic nitrogens is 5. The monoisotopic (exact) mass is 404 g/mol. The molecular formula is C21H17FN6O2. The van der Waals surface area contributed by atoms with Crippen LogP contribution in [0.3, 0.4) is 0 Å². The maximum atomic E-state index is 14.0. The first-order valence-corrected chi connectivity index (χ1v) is 9.57. The lowest BCUT2D eigenvalue weighted by Gasteiger charge is -2.23. The number of hydrogen-bond donors (Lipinski definition) is 0. The molecule has 1 aliphatic heterocycles. The quantitative estimate of drug-likeness (QED) is 0.515. The molecule has 1 aliphatic rings. The molecule has 1 fully saturated rings. The van der Waals surface area contributed by atoms with Gasteiger partial charge in [-0.2, -0.15) is 4.98 Å². The van der Waals surface area contributed by atoms with Crippen LogP contribution < -0.4 is 0 Å². The first-order valence-electron chi connectivity index (χ1n) is 9.57. The van der Waals surface area contributed by atoms with Gasteiger partial charge in [0.2, 0.25) is 5.89 Å². The van der Waals surface area contributed by atoms with Gasteiger partial charge in [-0.15, -0.1) is 0 Å².